The molecular weight excluding hydrogens is 268 g/mol. The number of nitrogens with two attached hydrogens (primary N) is 1. The molecule has 0 spiro atoms. The van der Waals surface area contributed by atoms with Crippen molar-refractivity contribution >= 4 is 5.91 Å². The van der Waals surface area contributed by atoms with E-state index in [1.54, 1.807) is 18.3 Å². The highest BCUT2D eigenvalue weighted by Gasteiger charge is 2.19. The van der Waals surface area contributed by atoms with Crippen molar-refractivity contribution in [1.82, 2.24) is 4.98 Å². The van der Waals surface area contributed by atoms with E-state index in [4.69, 9.17) is 15.2 Å². The van der Waals surface area contributed by atoms with E-state index in [1.165, 1.54) is 0 Å². The lowest BCUT2D eigenvalue weighted by Crippen LogP contribution is -2.32. The van der Waals surface area contributed by atoms with Gasteiger partial charge in [0.1, 0.15) is 5.75 Å². The highest BCUT2D eigenvalue weighted by atomic mass is 16.5. The van der Waals surface area contributed by atoms with Crippen LogP contribution in [0.5, 0.6) is 5.75 Å². The van der Waals surface area contributed by atoms with Crippen LogP contribution in [-0.2, 0) is 4.74 Å². The van der Waals surface area contributed by atoms with Crippen LogP contribution in [0, 0.1) is 5.92 Å². The van der Waals surface area contributed by atoms with E-state index in [-0.39, 0.29) is 0 Å². The minimum atomic E-state index is -0.490. The third kappa shape index (κ3) is 3.03. The topological polar surface area (TPSA) is 74.4 Å². The molecule has 21 heavy (non-hydrogen) atoms. The molecular formula is C16H16N2O3. The van der Waals surface area contributed by atoms with E-state index in [2.05, 4.69) is 4.98 Å². The van der Waals surface area contributed by atoms with Gasteiger partial charge in [-0.15, -0.1) is 0 Å². The lowest BCUT2D eigenvalue weighted by molar-refractivity contribution is -0.0508. The maximum absolute atomic E-state index is 11.5. The van der Waals surface area contributed by atoms with Gasteiger partial charge in [-0.05, 0) is 24.3 Å². The summed E-state index contributed by atoms with van der Waals surface area (Å²) in [5, 5.41) is 0. The number of rotatable bonds is 5. The highest BCUT2D eigenvalue weighted by molar-refractivity contribution is 5.98. The summed E-state index contributed by atoms with van der Waals surface area (Å²) in [7, 11) is 0. The molecule has 108 valence electrons. The number of nitrogens with zero attached hydrogens (tertiary/aromatic N) is 1. The van der Waals surface area contributed by atoms with Crippen LogP contribution in [0.3, 0.4) is 0 Å². The summed E-state index contributed by atoms with van der Waals surface area (Å²) in [5.41, 5.74) is 7.18. The second kappa shape index (κ2) is 5.93. The van der Waals surface area contributed by atoms with E-state index in [0.717, 1.165) is 24.5 Å². The Hall–Kier alpha value is -2.40. The van der Waals surface area contributed by atoms with Crippen LogP contribution < -0.4 is 10.5 Å². The summed E-state index contributed by atoms with van der Waals surface area (Å²) < 4.78 is 10.9. The Kier molecular flexibility index (Phi) is 3.83. The Balaban J connectivity index is 1.83. The quantitative estimate of drug-likeness (QED) is 0.909. The van der Waals surface area contributed by atoms with Gasteiger partial charge in [-0.25, -0.2) is 0 Å². The van der Waals surface area contributed by atoms with Crippen molar-refractivity contribution in [1.29, 1.82) is 0 Å². The van der Waals surface area contributed by atoms with E-state index >= 15 is 0 Å². The van der Waals surface area contributed by atoms with Crippen LogP contribution in [-0.4, -0.2) is 30.7 Å². The van der Waals surface area contributed by atoms with Gasteiger partial charge in [0.2, 0.25) is 0 Å². The maximum Gasteiger partial charge on any atom is 0.250 e. The molecule has 0 saturated carbocycles. The van der Waals surface area contributed by atoms with Crippen molar-refractivity contribution in [2.24, 2.45) is 11.7 Å². The molecule has 0 atom stereocenters. The number of pyridine rings is 1. The molecule has 1 aromatic carbocycles. The summed E-state index contributed by atoms with van der Waals surface area (Å²) in [6.07, 6.45) is 1.64. The summed E-state index contributed by atoms with van der Waals surface area (Å²) >= 11 is 0. The van der Waals surface area contributed by atoms with E-state index in [0.29, 0.717) is 23.8 Å². The standard InChI is InChI=1S/C16H16N2O3/c17-16(19)14-5-2-6-18-15(14)12-3-1-4-13(7-12)21-10-11-8-20-9-11/h1-7,11H,8-10H2,(H2,17,19). The molecule has 0 aliphatic carbocycles. The first-order valence-electron chi connectivity index (χ1n) is 6.80. The third-order valence-corrected chi connectivity index (χ3v) is 3.37. The van der Waals surface area contributed by atoms with E-state index in [1.807, 2.05) is 24.3 Å². The Morgan fingerprint density at radius 2 is 2.19 bits per heavy atom. The molecule has 0 bridgehead atoms. The number of hydrogen-bond acceptors (Lipinski definition) is 4. The van der Waals surface area contributed by atoms with Crippen LogP contribution >= 0.6 is 0 Å². The molecule has 1 aliphatic rings. The lowest BCUT2D eigenvalue weighted by Gasteiger charge is -2.25. The van der Waals surface area contributed by atoms with Gasteiger partial charge in [0.15, 0.2) is 0 Å². The first-order valence-corrected chi connectivity index (χ1v) is 6.80. The SMILES string of the molecule is NC(=O)c1cccnc1-c1cccc(OCC2COC2)c1. The van der Waals surface area contributed by atoms with Crippen molar-refractivity contribution in [2.45, 2.75) is 0 Å². The Bertz CT molecular complexity index is 653. The average Bonchev–Trinajstić information content (AvgIpc) is 2.46. The number of carbonyl (C=O) groups is 1. The molecule has 1 fully saturated rings. The van der Waals surface area contributed by atoms with Crippen molar-refractivity contribution < 1.29 is 14.3 Å². The van der Waals surface area contributed by atoms with Crippen LogP contribution in [0.25, 0.3) is 11.3 Å². The fourth-order valence-electron chi connectivity index (χ4n) is 2.16. The molecule has 2 heterocycles. The predicted molar refractivity (Wildman–Crippen MR) is 78.0 cm³/mol. The first kappa shape index (κ1) is 13.6. The van der Waals surface area contributed by atoms with Crippen LogP contribution in [0.1, 0.15) is 10.4 Å². The van der Waals surface area contributed by atoms with Gasteiger partial charge in [0, 0.05) is 17.7 Å². The number of primary amides is 1. The normalized spacial score (nSPS) is 14.5. The second-order valence-corrected chi connectivity index (χ2v) is 5.01. The molecule has 3 rings (SSSR count). The summed E-state index contributed by atoms with van der Waals surface area (Å²) in [6.45, 7) is 2.14. The number of hydrogen-bond donors (Lipinski definition) is 1. The molecule has 1 amide bonds. The van der Waals surface area contributed by atoms with Crippen LogP contribution in [0.15, 0.2) is 42.6 Å². The van der Waals surface area contributed by atoms with Gasteiger partial charge in [-0.1, -0.05) is 12.1 Å². The molecule has 5 heteroatoms. The molecule has 5 nitrogen and oxygen atoms in total. The fraction of sp³-hybridized carbons (Fsp3) is 0.250. The monoisotopic (exact) mass is 284 g/mol. The smallest absolute Gasteiger partial charge is 0.250 e. The van der Waals surface area contributed by atoms with Crippen molar-refractivity contribution in [3.05, 3.63) is 48.2 Å². The van der Waals surface area contributed by atoms with Gasteiger partial charge < -0.3 is 15.2 Å². The van der Waals surface area contributed by atoms with E-state index < -0.39 is 5.91 Å². The van der Waals surface area contributed by atoms with Crippen molar-refractivity contribution in [3.8, 4) is 17.0 Å². The van der Waals surface area contributed by atoms with Crippen LogP contribution in [0.4, 0.5) is 0 Å². The molecule has 1 saturated heterocycles. The maximum atomic E-state index is 11.5. The Morgan fingerprint density at radius 1 is 1.33 bits per heavy atom. The number of benzene rings is 1. The molecule has 1 aliphatic heterocycles. The largest absolute Gasteiger partial charge is 0.493 e. The second-order valence-electron chi connectivity index (χ2n) is 5.01. The van der Waals surface area contributed by atoms with Gasteiger partial charge >= 0.3 is 0 Å². The Morgan fingerprint density at radius 3 is 2.90 bits per heavy atom. The first-order chi connectivity index (χ1) is 10.2. The zero-order valence-corrected chi connectivity index (χ0v) is 11.5. The summed E-state index contributed by atoms with van der Waals surface area (Å²) in [4.78, 5) is 15.7. The van der Waals surface area contributed by atoms with Gasteiger partial charge in [-0.3, -0.25) is 9.78 Å². The molecule has 2 N–H and O–H groups in total. The number of aromatic nitrogens is 1. The predicted octanol–water partition coefficient (Wildman–Crippen LogP) is 1.87. The highest BCUT2D eigenvalue weighted by Crippen LogP contribution is 2.25. The van der Waals surface area contributed by atoms with Gasteiger partial charge in [-0.2, -0.15) is 0 Å². The van der Waals surface area contributed by atoms with Crippen molar-refractivity contribution in [2.75, 3.05) is 19.8 Å². The number of amides is 1. The van der Waals surface area contributed by atoms with Crippen LogP contribution in [0.2, 0.25) is 0 Å². The van der Waals surface area contributed by atoms with Crippen molar-refractivity contribution in [3.63, 3.8) is 0 Å². The zero-order chi connectivity index (χ0) is 14.7. The summed E-state index contributed by atoms with van der Waals surface area (Å²) in [6, 6.07) is 10.9. The lowest BCUT2D eigenvalue weighted by atomic mass is 10.1. The summed E-state index contributed by atoms with van der Waals surface area (Å²) in [5.74, 6) is 0.723. The number of ether oxygens (including phenoxy) is 2. The molecule has 0 unspecified atom stereocenters. The molecule has 0 radical (unpaired) electrons. The minimum Gasteiger partial charge on any atom is -0.493 e. The Labute approximate surface area is 122 Å². The third-order valence-electron chi connectivity index (χ3n) is 3.37. The average molecular weight is 284 g/mol. The molecule has 2 aromatic rings. The fourth-order valence-corrected chi connectivity index (χ4v) is 2.16. The van der Waals surface area contributed by atoms with Gasteiger partial charge in [0.25, 0.3) is 5.91 Å². The minimum absolute atomic E-state index is 0.405. The molecule has 1 aromatic heterocycles. The zero-order valence-electron chi connectivity index (χ0n) is 11.5. The van der Waals surface area contributed by atoms with Gasteiger partial charge in [0.05, 0.1) is 31.1 Å². The van der Waals surface area contributed by atoms with E-state index in [9.17, 15) is 4.79 Å². The number of carbonyl (C=O) groups excluding carboxylic acids is 1.